The minimum atomic E-state index is -0.288. The highest BCUT2D eigenvalue weighted by Crippen LogP contribution is 2.36. The quantitative estimate of drug-likeness (QED) is 0.796. The molecule has 4 rings (SSSR count). The van der Waals surface area contributed by atoms with Crippen LogP contribution in [0.1, 0.15) is 6.42 Å². The Bertz CT molecular complexity index is 656. The normalized spacial score (nSPS) is 23.5. The number of rotatable bonds is 2. The molecule has 3 heterocycles. The zero-order valence-corrected chi connectivity index (χ0v) is 13.4. The Morgan fingerprint density at radius 1 is 1.04 bits per heavy atom. The van der Waals surface area contributed by atoms with Gasteiger partial charge in [0.1, 0.15) is 13.2 Å². The van der Waals surface area contributed by atoms with E-state index >= 15 is 0 Å². The van der Waals surface area contributed by atoms with E-state index in [4.69, 9.17) is 14.2 Å². The highest BCUT2D eigenvalue weighted by molar-refractivity contribution is 6.00. The van der Waals surface area contributed by atoms with Crippen LogP contribution in [0, 0.1) is 5.92 Å². The topological polar surface area (TPSA) is 68.3 Å². The number of amides is 2. The summed E-state index contributed by atoms with van der Waals surface area (Å²) >= 11 is 0. The van der Waals surface area contributed by atoms with Crippen molar-refractivity contribution < 1.29 is 23.8 Å². The standard InChI is InChI=1S/C17H20N2O5/c20-16-9-12(17(21)18-3-5-22-6-4-18)11-19(16)13-1-2-14-15(10-13)24-8-7-23-14/h1-2,10,12H,3-9,11H2. The lowest BCUT2D eigenvalue weighted by atomic mass is 10.1. The number of nitrogens with zero attached hydrogens (tertiary/aromatic N) is 2. The lowest BCUT2D eigenvalue weighted by molar-refractivity contribution is -0.139. The molecule has 2 amide bonds. The van der Waals surface area contributed by atoms with Gasteiger partial charge in [-0.05, 0) is 12.1 Å². The van der Waals surface area contributed by atoms with Crippen LogP contribution >= 0.6 is 0 Å². The third-order valence-corrected chi connectivity index (χ3v) is 4.63. The molecule has 2 fully saturated rings. The molecule has 7 heteroatoms. The Labute approximate surface area is 140 Å². The predicted molar refractivity (Wildman–Crippen MR) is 85.3 cm³/mol. The maximum atomic E-state index is 12.6. The number of anilines is 1. The maximum absolute atomic E-state index is 12.6. The Balaban J connectivity index is 1.48. The third-order valence-electron chi connectivity index (χ3n) is 4.63. The van der Waals surface area contributed by atoms with E-state index in [0.717, 1.165) is 5.69 Å². The van der Waals surface area contributed by atoms with E-state index < -0.39 is 0 Å². The molecule has 24 heavy (non-hydrogen) atoms. The van der Waals surface area contributed by atoms with Gasteiger partial charge in [-0.2, -0.15) is 0 Å². The van der Waals surface area contributed by atoms with Crippen LogP contribution in [-0.2, 0) is 14.3 Å². The lowest BCUT2D eigenvalue weighted by Gasteiger charge is -2.29. The van der Waals surface area contributed by atoms with E-state index in [0.29, 0.717) is 57.6 Å². The molecule has 2 saturated heterocycles. The molecule has 0 spiro atoms. The number of carbonyl (C=O) groups excluding carboxylic acids is 2. The second-order valence-electron chi connectivity index (χ2n) is 6.17. The monoisotopic (exact) mass is 332 g/mol. The summed E-state index contributed by atoms with van der Waals surface area (Å²) in [5.74, 6) is 1.07. The minimum absolute atomic E-state index is 0.0294. The van der Waals surface area contributed by atoms with Gasteiger partial charge < -0.3 is 24.0 Å². The Morgan fingerprint density at radius 3 is 2.58 bits per heavy atom. The fraction of sp³-hybridized carbons (Fsp3) is 0.529. The molecule has 0 aliphatic carbocycles. The second kappa shape index (κ2) is 6.32. The first-order chi connectivity index (χ1) is 11.7. The number of ether oxygens (including phenoxy) is 3. The molecule has 0 radical (unpaired) electrons. The van der Waals surface area contributed by atoms with Gasteiger partial charge in [0, 0.05) is 37.8 Å². The smallest absolute Gasteiger partial charge is 0.228 e. The highest BCUT2D eigenvalue weighted by Gasteiger charge is 2.37. The molecule has 128 valence electrons. The van der Waals surface area contributed by atoms with Crippen LogP contribution < -0.4 is 14.4 Å². The molecule has 0 N–H and O–H groups in total. The van der Waals surface area contributed by atoms with Crippen molar-refractivity contribution in [3.05, 3.63) is 18.2 Å². The number of hydrogen-bond donors (Lipinski definition) is 0. The lowest BCUT2D eigenvalue weighted by Crippen LogP contribution is -2.44. The summed E-state index contributed by atoms with van der Waals surface area (Å²) in [6.45, 7) is 3.79. The van der Waals surface area contributed by atoms with Crippen molar-refractivity contribution in [3.63, 3.8) is 0 Å². The van der Waals surface area contributed by atoms with Crippen LogP contribution in [0.3, 0.4) is 0 Å². The SMILES string of the molecule is O=C(C1CC(=O)N(c2ccc3c(c2)OCCO3)C1)N1CCOCC1. The summed E-state index contributed by atoms with van der Waals surface area (Å²) in [5.41, 5.74) is 0.751. The van der Waals surface area contributed by atoms with Crippen LogP contribution in [0.2, 0.25) is 0 Å². The maximum Gasteiger partial charge on any atom is 0.228 e. The van der Waals surface area contributed by atoms with Gasteiger partial charge >= 0.3 is 0 Å². The van der Waals surface area contributed by atoms with Crippen LogP contribution in [0.4, 0.5) is 5.69 Å². The van der Waals surface area contributed by atoms with Crippen molar-refractivity contribution in [2.45, 2.75) is 6.42 Å². The van der Waals surface area contributed by atoms with Crippen LogP contribution in [0.15, 0.2) is 18.2 Å². The molecule has 0 saturated carbocycles. The van der Waals surface area contributed by atoms with Gasteiger partial charge in [0.2, 0.25) is 11.8 Å². The van der Waals surface area contributed by atoms with Crippen molar-refractivity contribution in [3.8, 4) is 11.5 Å². The first-order valence-corrected chi connectivity index (χ1v) is 8.29. The Kier molecular flexibility index (Phi) is 4.02. The fourth-order valence-corrected chi connectivity index (χ4v) is 3.36. The summed E-state index contributed by atoms with van der Waals surface area (Å²) in [6.07, 6.45) is 0.255. The third kappa shape index (κ3) is 2.80. The molecule has 0 aromatic heterocycles. The molecule has 3 aliphatic heterocycles. The largest absolute Gasteiger partial charge is 0.486 e. The zero-order chi connectivity index (χ0) is 16.5. The number of fused-ring (bicyclic) bond motifs is 1. The van der Waals surface area contributed by atoms with Gasteiger partial charge in [0.05, 0.1) is 19.1 Å². The average molecular weight is 332 g/mol. The van der Waals surface area contributed by atoms with E-state index in [1.54, 1.807) is 9.80 Å². The number of carbonyl (C=O) groups is 2. The first kappa shape index (κ1) is 15.3. The molecule has 3 aliphatic rings. The van der Waals surface area contributed by atoms with E-state index in [9.17, 15) is 9.59 Å². The van der Waals surface area contributed by atoms with Crippen LogP contribution in [0.5, 0.6) is 11.5 Å². The van der Waals surface area contributed by atoms with Crippen molar-refractivity contribution in [1.82, 2.24) is 4.90 Å². The fourth-order valence-electron chi connectivity index (χ4n) is 3.36. The Morgan fingerprint density at radius 2 is 1.79 bits per heavy atom. The van der Waals surface area contributed by atoms with Crippen molar-refractivity contribution in [2.75, 3.05) is 51.0 Å². The molecule has 0 bridgehead atoms. The van der Waals surface area contributed by atoms with Crippen molar-refractivity contribution in [2.24, 2.45) is 5.92 Å². The molecule has 1 unspecified atom stereocenters. The highest BCUT2D eigenvalue weighted by atomic mass is 16.6. The summed E-state index contributed by atoms with van der Waals surface area (Å²) < 4.78 is 16.4. The number of morpholine rings is 1. The van der Waals surface area contributed by atoms with Crippen LogP contribution in [-0.4, -0.2) is 62.8 Å². The van der Waals surface area contributed by atoms with Crippen molar-refractivity contribution in [1.29, 1.82) is 0 Å². The summed E-state index contributed by atoms with van der Waals surface area (Å²) in [6, 6.07) is 5.47. The number of benzene rings is 1. The first-order valence-electron chi connectivity index (χ1n) is 8.29. The number of hydrogen-bond acceptors (Lipinski definition) is 5. The molecule has 1 aromatic rings. The van der Waals surface area contributed by atoms with Gasteiger partial charge in [-0.25, -0.2) is 0 Å². The van der Waals surface area contributed by atoms with E-state index in [2.05, 4.69) is 0 Å². The minimum Gasteiger partial charge on any atom is -0.486 e. The average Bonchev–Trinajstić information content (AvgIpc) is 3.03. The van der Waals surface area contributed by atoms with Gasteiger partial charge in [-0.1, -0.05) is 0 Å². The molecule has 1 atom stereocenters. The summed E-state index contributed by atoms with van der Waals surface area (Å²) in [7, 11) is 0. The molecular weight excluding hydrogens is 312 g/mol. The van der Waals surface area contributed by atoms with E-state index in [1.807, 2.05) is 18.2 Å². The van der Waals surface area contributed by atoms with Gasteiger partial charge in [-0.15, -0.1) is 0 Å². The predicted octanol–water partition coefficient (Wildman–Crippen LogP) is 0.669. The summed E-state index contributed by atoms with van der Waals surface area (Å²) in [5, 5.41) is 0. The van der Waals surface area contributed by atoms with Gasteiger partial charge in [0.15, 0.2) is 11.5 Å². The molecule has 1 aromatic carbocycles. The molecular formula is C17H20N2O5. The second-order valence-corrected chi connectivity index (χ2v) is 6.17. The Hall–Kier alpha value is -2.28. The van der Waals surface area contributed by atoms with E-state index in [-0.39, 0.29) is 24.2 Å². The van der Waals surface area contributed by atoms with Gasteiger partial charge in [-0.3, -0.25) is 9.59 Å². The van der Waals surface area contributed by atoms with E-state index in [1.165, 1.54) is 0 Å². The van der Waals surface area contributed by atoms with Crippen molar-refractivity contribution >= 4 is 17.5 Å². The van der Waals surface area contributed by atoms with Gasteiger partial charge in [0.25, 0.3) is 0 Å². The summed E-state index contributed by atoms with van der Waals surface area (Å²) in [4.78, 5) is 28.5. The zero-order valence-electron chi connectivity index (χ0n) is 13.4. The van der Waals surface area contributed by atoms with Crippen LogP contribution in [0.25, 0.3) is 0 Å². The molecule has 7 nitrogen and oxygen atoms in total.